The summed E-state index contributed by atoms with van der Waals surface area (Å²) < 4.78 is 0. The van der Waals surface area contributed by atoms with E-state index in [2.05, 4.69) is 15.1 Å². The number of hydrogen-bond donors (Lipinski definition) is 0. The van der Waals surface area contributed by atoms with Gasteiger partial charge in [-0.25, -0.2) is 4.98 Å². The number of aromatic nitrogens is 2. The first-order valence-corrected chi connectivity index (χ1v) is 6.01. The molecule has 5 heteroatoms. The van der Waals surface area contributed by atoms with Crippen molar-refractivity contribution in [1.82, 2.24) is 9.97 Å². The van der Waals surface area contributed by atoms with E-state index in [1.807, 2.05) is 25.1 Å². The Balaban J connectivity index is 2.01. The lowest BCUT2D eigenvalue weighted by Gasteiger charge is -2.10. The third-order valence-corrected chi connectivity index (χ3v) is 3.02. The van der Waals surface area contributed by atoms with Crippen molar-refractivity contribution in [3.63, 3.8) is 0 Å². The van der Waals surface area contributed by atoms with Gasteiger partial charge in [-0.1, -0.05) is 6.07 Å². The van der Waals surface area contributed by atoms with Gasteiger partial charge in [0.1, 0.15) is 0 Å². The second kappa shape index (κ2) is 4.61. The van der Waals surface area contributed by atoms with Crippen LogP contribution in [0.5, 0.6) is 0 Å². The average molecular weight is 252 g/mol. The first-order chi connectivity index (χ1) is 9.27. The van der Waals surface area contributed by atoms with Crippen molar-refractivity contribution in [1.29, 1.82) is 0 Å². The van der Waals surface area contributed by atoms with Gasteiger partial charge in [-0.2, -0.15) is 10.1 Å². The van der Waals surface area contributed by atoms with Crippen LogP contribution in [-0.2, 0) is 4.79 Å². The van der Waals surface area contributed by atoms with E-state index in [9.17, 15) is 4.79 Å². The quantitative estimate of drug-likeness (QED) is 0.819. The van der Waals surface area contributed by atoms with Crippen molar-refractivity contribution in [2.75, 3.05) is 5.01 Å². The molecule has 1 unspecified atom stereocenters. The maximum absolute atomic E-state index is 12.2. The van der Waals surface area contributed by atoms with Crippen molar-refractivity contribution in [2.24, 2.45) is 11.0 Å². The van der Waals surface area contributed by atoms with E-state index in [0.717, 1.165) is 11.3 Å². The Bertz CT molecular complexity index is 624. The number of nitrogens with zero attached hydrogens (tertiary/aromatic N) is 4. The molecule has 0 aromatic carbocycles. The lowest BCUT2D eigenvalue weighted by molar-refractivity contribution is -0.119. The molecule has 19 heavy (non-hydrogen) atoms. The molecule has 0 N–H and O–H groups in total. The molecule has 1 amide bonds. The van der Waals surface area contributed by atoms with Crippen LogP contribution in [0.1, 0.15) is 12.5 Å². The fourth-order valence-electron chi connectivity index (χ4n) is 2.01. The average Bonchev–Trinajstić information content (AvgIpc) is 2.77. The van der Waals surface area contributed by atoms with Crippen LogP contribution in [0.4, 0.5) is 5.82 Å². The lowest BCUT2D eigenvalue weighted by Crippen LogP contribution is -2.26. The van der Waals surface area contributed by atoms with E-state index in [1.165, 1.54) is 5.01 Å². The van der Waals surface area contributed by atoms with Gasteiger partial charge in [0.15, 0.2) is 5.82 Å². The summed E-state index contributed by atoms with van der Waals surface area (Å²) in [6.45, 7) is 1.84. The zero-order valence-electron chi connectivity index (χ0n) is 10.4. The molecule has 0 bridgehead atoms. The third kappa shape index (κ3) is 1.99. The van der Waals surface area contributed by atoms with E-state index < -0.39 is 0 Å². The van der Waals surface area contributed by atoms with Crippen molar-refractivity contribution in [3.8, 4) is 0 Å². The van der Waals surface area contributed by atoms with Gasteiger partial charge in [0.2, 0.25) is 0 Å². The number of rotatable bonds is 2. The summed E-state index contributed by atoms with van der Waals surface area (Å²) in [7, 11) is 0. The van der Waals surface area contributed by atoms with Crippen LogP contribution < -0.4 is 5.01 Å². The number of hydrazone groups is 1. The molecule has 0 aliphatic carbocycles. The first-order valence-electron chi connectivity index (χ1n) is 6.01. The molecule has 94 valence electrons. The summed E-state index contributed by atoms with van der Waals surface area (Å²) in [4.78, 5) is 20.5. The predicted molar refractivity (Wildman–Crippen MR) is 71.7 cm³/mol. The summed E-state index contributed by atoms with van der Waals surface area (Å²) in [5, 5.41) is 5.74. The number of anilines is 1. The molecule has 3 rings (SSSR count). The van der Waals surface area contributed by atoms with Gasteiger partial charge in [0.25, 0.3) is 5.91 Å². The zero-order chi connectivity index (χ0) is 13.2. The largest absolute Gasteiger partial charge is 0.272 e. The van der Waals surface area contributed by atoms with Crippen LogP contribution >= 0.6 is 0 Å². The molecule has 0 fully saturated rings. The Hall–Kier alpha value is -2.56. The highest BCUT2D eigenvalue weighted by Gasteiger charge is 2.34. The minimum absolute atomic E-state index is 0.0717. The zero-order valence-corrected chi connectivity index (χ0v) is 10.4. The maximum atomic E-state index is 12.2. The highest BCUT2D eigenvalue weighted by Crippen LogP contribution is 2.24. The molecular weight excluding hydrogens is 240 g/mol. The van der Waals surface area contributed by atoms with Crippen LogP contribution in [0, 0.1) is 5.92 Å². The van der Waals surface area contributed by atoms with Gasteiger partial charge in [0.05, 0.1) is 11.6 Å². The van der Waals surface area contributed by atoms with Crippen LogP contribution in [-0.4, -0.2) is 21.6 Å². The van der Waals surface area contributed by atoms with Crippen molar-refractivity contribution < 1.29 is 4.79 Å². The predicted octanol–water partition coefficient (Wildman–Crippen LogP) is 1.86. The second-order valence-corrected chi connectivity index (χ2v) is 4.29. The number of amides is 1. The van der Waals surface area contributed by atoms with Gasteiger partial charge in [-0.05, 0) is 31.2 Å². The normalized spacial score (nSPS) is 18.6. The molecule has 0 radical (unpaired) electrons. The fourth-order valence-corrected chi connectivity index (χ4v) is 2.01. The Kier molecular flexibility index (Phi) is 2.79. The minimum atomic E-state index is -0.286. The van der Waals surface area contributed by atoms with E-state index in [4.69, 9.17) is 0 Å². The second-order valence-electron chi connectivity index (χ2n) is 4.29. The summed E-state index contributed by atoms with van der Waals surface area (Å²) in [5.74, 6) is 0.182. The SMILES string of the molecule is CC1C(=O)N(c2ccccn2)N=C1c1cccnc1. The Morgan fingerprint density at radius 1 is 1.16 bits per heavy atom. The Morgan fingerprint density at radius 3 is 2.74 bits per heavy atom. The molecule has 1 aliphatic heterocycles. The van der Waals surface area contributed by atoms with E-state index >= 15 is 0 Å². The first kappa shape index (κ1) is 11.5. The summed E-state index contributed by atoms with van der Waals surface area (Å²) in [5.41, 5.74) is 1.59. The highest BCUT2D eigenvalue weighted by molar-refractivity contribution is 6.20. The van der Waals surface area contributed by atoms with E-state index in [0.29, 0.717) is 5.82 Å². The van der Waals surface area contributed by atoms with Gasteiger partial charge in [0, 0.05) is 24.2 Å². The van der Waals surface area contributed by atoms with Crippen LogP contribution in [0.2, 0.25) is 0 Å². The van der Waals surface area contributed by atoms with Crippen LogP contribution in [0.25, 0.3) is 0 Å². The van der Waals surface area contributed by atoms with E-state index in [1.54, 1.807) is 30.7 Å². The lowest BCUT2D eigenvalue weighted by atomic mass is 10.0. The Morgan fingerprint density at radius 2 is 2.05 bits per heavy atom. The minimum Gasteiger partial charge on any atom is -0.272 e. The van der Waals surface area contributed by atoms with E-state index in [-0.39, 0.29) is 11.8 Å². The smallest absolute Gasteiger partial charge is 0.257 e. The topological polar surface area (TPSA) is 58.5 Å². The molecule has 0 saturated heterocycles. The molecule has 5 nitrogen and oxygen atoms in total. The summed E-state index contributed by atoms with van der Waals surface area (Å²) in [6, 6.07) is 9.13. The maximum Gasteiger partial charge on any atom is 0.257 e. The van der Waals surface area contributed by atoms with Gasteiger partial charge < -0.3 is 0 Å². The number of carbonyl (C=O) groups is 1. The molecule has 0 saturated carbocycles. The molecule has 2 aromatic rings. The third-order valence-electron chi connectivity index (χ3n) is 3.02. The molecule has 0 spiro atoms. The fraction of sp³-hybridized carbons (Fsp3) is 0.143. The Labute approximate surface area is 110 Å². The van der Waals surface area contributed by atoms with Gasteiger partial charge in [-0.3, -0.25) is 9.78 Å². The molecule has 3 heterocycles. The van der Waals surface area contributed by atoms with Crippen molar-refractivity contribution in [3.05, 3.63) is 54.5 Å². The van der Waals surface area contributed by atoms with Crippen molar-refractivity contribution >= 4 is 17.4 Å². The summed E-state index contributed by atoms with van der Waals surface area (Å²) in [6.07, 6.45) is 5.05. The highest BCUT2D eigenvalue weighted by atomic mass is 16.2. The summed E-state index contributed by atoms with van der Waals surface area (Å²) >= 11 is 0. The van der Waals surface area contributed by atoms with Gasteiger partial charge >= 0.3 is 0 Å². The molecule has 1 atom stereocenters. The number of hydrogen-bond acceptors (Lipinski definition) is 4. The standard InChI is InChI=1S/C14H12N4O/c1-10-13(11-5-4-7-15-9-11)17-18(14(10)19)12-6-2-3-8-16-12/h2-10H,1H3. The number of carbonyl (C=O) groups excluding carboxylic acids is 1. The van der Waals surface area contributed by atoms with Crippen LogP contribution in [0.15, 0.2) is 54.0 Å². The van der Waals surface area contributed by atoms with Crippen LogP contribution in [0.3, 0.4) is 0 Å². The monoisotopic (exact) mass is 252 g/mol. The number of pyridine rings is 2. The molecular formula is C14H12N4O. The van der Waals surface area contributed by atoms with Crippen molar-refractivity contribution in [2.45, 2.75) is 6.92 Å². The van der Waals surface area contributed by atoms with Gasteiger partial charge in [-0.15, -0.1) is 0 Å². The molecule has 2 aromatic heterocycles. The molecule has 1 aliphatic rings.